The molecule has 1 aromatic heterocycles. The Hall–Kier alpha value is -2.58. The van der Waals surface area contributed by atoms with Crippen molar-refractivity contribution in [1.29, 1.82) is 0 Å². The average molecular weight is 366 g/mol. The van der Waals surface area contributed by atoms with Crippen molar-refractivity contribution in [3.63, 3.8) is 0 Å². The molecule has 2 heterocycles. The Labute approximate surface area is 149 Å². The summed E-state index contributed by atoms with van der Waals surface area (Å²) < 4.78 is 39.8. The van der Waals surface area contributed by atoms with E-state index >= 15 is 0 Å². The van der Waals surface area contributed by atoms with E-state index in [1.54, 1.807) is 7.05 Å². The maximum Gasteiger partial charge on any atom is 0.416 e. The highest BCUT2D eigenvalue weighted by atomic mass is 19.4. The number of alkyl halides is 3. The van der Waals surface area contributed by atoms with E-state index in [9.17, 15) is 13.2 Å². The Morgan fingerprint density at radius 1 is 1.19 bits per heavy atom. The van der Waals surface area contributed by atoms with Crippen LogP contribution in [-0.2, 0) is 32.1 Å². The van der Waals surface area contributed by atoms with Crippen LogP contribution in [0.25, 0.3) is 0 Å². The van der Waals surface area contributed by atoms with Crippen LogP contribution in [0.5, 0.6) is 0 Å². The largest absolute Gasteiger partial charge is 0.416 e. The summed E-state index contributed by atoms with van der Waals surface area (Å²) in [5.74, 6) is 2.52. The lowest BCUT2D eigenvalue weighted by Gasteiger charge is -2.12. The van der Waals surface area contributed by atoms with Gasteiger partial charge in [-0.05, 0) is 30.5 Å². The first-order valence-electron chi connectivity index (χ1n) is 8.49. The minimum atomic E-state index is -4.30. The SMILES string of the molecule is CN=C(NCCc1ccc(C(F)(F)F)cc1)NCc1nnc2n1CCC2. The Balaban J connectivity index is 1.45. The number of aromatic nitrogens is 3. The molecule has 0 radical (unpaired) electrons. The van der Waals surface area contributed by atoms with E-state index in [4.69, 9.17) is 0 Å². The van der Waals surface area contributed by atoms with Gasteiger partial charge in [-0.2, -0.15) is 13.2 Å². The van der Waals surface area contributed by atoms with Crippen LogP contribution in [-0.4, -0.2) is 34.3 Å². The molecule has 0 bridgehead atoms. The van der Waals surface area contributed by atoms with Crippen LogP contribution in [0, 0.1) is 0 Å². The summed E-state index contributed by atoms with van der Waals surface area (Å²) in [6.45, 7) is 2.02. The van der Waals surface area contributed by atoms with Crippen LogP contribution in [0.15, 0.2) is 29.3 Å². The zero-order valence-corrected chi connectivity index (χ0v) is 14.5. The van der Waals surface area contributed by atoms with Crippen LogP contribution >= 0.6 is 0 Å². The van der Waals surface area contributed by atoms with E-state index in [1.807, 2.05) is 0 Å². The minimum Gasteiger partial charge on any atom is -0.356 e. The van der Waals surface area contributed by atoms with Crippen LogP contribution < -0.4 is 10.6 Å². The van der Waals surface area contributed by atoms with Gasteiger partial charge in [0.15, 0.2) is 11.8 Å². The molecule has 0 fully saturated rings. The molecule has 0 amide bonds. The standard InChI is InChI=1S/C17H21F3N6/c1-21-16(23-11-15-25-24-14-3-2-10-26(14)15)22-9-8-12-4-6-13(7-5-12)17(18,19)20/h4-7H,2-3,8-11H2,1H3,(H2,21,22,23). The number of hydrogen-bond donors (Lipinski definition) is 2. The molecule has 0 saturated heterocycles. The zero-order chi connectivity index (χ0) is 18.6. The summed E-state index contributed by atoms with van der Waals surface area (Å²) in [6, 6.07) is 5.21. The molecule has 1 aliphatic heterocycles. The highest BCUT2D eigenvalue weighted by molar-refractivity contribution is 5.79. The molecule has 0 unspecified atom stereocenters. The number of nitrogens with zero attached hydrogens (tertiary/aromatic N) is 4. The van der Waals surface area contributed by atoms with Crippen molar-refractivity contribution in [2.45, 2.75) is 38.5 Å². The van der Waals surface area contributed by atoms with Gasteiger partial charge < -0.3 is 15.2 Å². The van der Waals surface area contributed by atoms with E-state index in [2.05, 4.69) is 30.4 Å². The number of guanidine groups is 1. The van der Waals surface area contributed by atoms with Gasteiger partial charge in [0.25, 0.3) is 0 Å². The maximum atomic E-state index is 12.6. The van der Waals surface area contributed by atoms with Crippen molar-refractivity contribution in [3.05, 3.63) is 47.0 Å². The third-order valence-corrected chi connectivity index (χ3v) is 4.31. The second-order valence-electron chi connectivity index (χ2n) is 6.08. The first kappa shape index (κ1) is 18.2. The van der Waals surface area contributed by atoms with Gasteiger partial charge >= 0.3 is 6.18 Å². The highest BCUT2D eigenvalue weighted by Gasteiger charge is 2.29. The van der Waals surface area contributed by atoms with E-state index < -0.39 is 11.7 Å². The topological polar surface area (TPSA) is 67.1 Å². The molecule has 0 aliphatic carbocycles. The molecule has 6 nitrogen and oxygen atoms in total. The second kappa shape index (κ2) is 7.76. The third kappa shape index (κ3) is 4.33. The van der Waals surface area contributed by atoms with Crippen molar-refractivity contribution in [1.82, 2.24) is 25.4 Å². The maximum absolute atomic E-state index is 12.6. The smallest absolute Gasteiger partial charge is 0.356 e. The van der Waals surface area contributed by atoms with Crippen molar-refractivity contribution < 1.29 is 13.2 Å². The summed E-state index contributed by atoms with van der Waals surface area (Å²) in [7, 11) is 1.67. The fourth-order valence-electron chi connectivity index (χ4n) is 2.91. The number of nitrogens with one attached hydrogen (secondary N) is 2. The van der Waals surface area contributed by atoms with Gasteiger partial charge in [0.2, 0.25) is 0 Å². The fourth-order valence-corrected chi connectivity index (χ4v) is 2.91. The molecule has 0 spiro atoms. The number of fused-ring (bicyclic) bond motifs is 1. The van der Waals surface area contributed by atoms with Crippen molar-refractivity contribution in [2.24, 2.45) is 4.99 Å². The molecule has 26 heavy (non-hydrogen) atoms. The first-order valence-corrected chi connectivity index (χ1v) is 8.49. The summed E-state index contributed by atoms with van der Waals surface area (Å²) in [6.07, 6.45) is -1.64. The van der Waals surface area contributed by atoms with Gasteiger partial charge in [0.1, 0.15) is 5.82 Å². The molecular weight excluding hydrogens is 345 g/mol. The lowest BCUT2D eigenvalue weighted by Crippen LogP contribution is -2.38. The van der Waals surface area contributed by atoms with E-state index in [0.717, 1.165) is 48.7 Å². The van der Waals surface area contributed by atoms with Gasteiger partial charge in [-0.15, -0.1) is 10.2 Å². The van der Waals surface area contributed by atoms with Crippen molar-refractivity contribution >= 4 is 5.96 Å². The lowest BCUT2D eigenvalue weighted by atomic mass is 10.1. The molecule has 2 N–H and O–H groups in total. The molecule has 1 aliphatic rings. The molecule has 9 heteroatoms. The number of rotatable bonds is 5. The van der Waals surface area contributed by atoms with Gasteiger partial charge in [0, 0.05) is 26.6 Å². The number of aryl methyl sites for hydroxylation is 1. The molecule has 0 saturated carbocycles. The summed E-state index contributed by atoms with van der Waals surface area (Å²) in [5.41, 5.74) is 0.198. The van der Waals surface area contributed by atoms with Gasteiger partial charge in [-0.3, -0.25) is 4.99 Å². The number of aliphatic imine (C=N–C) groups is 1. The van der Waals surface area contributed by atoms with Crippen molar-refractivity contribution in [2.75, 3.05) is 13.6 Å². The molecule has 3 rings (SSSR count). The predicted octanol–water partition coefficient (Wildman–Crippen LogP) is 2.15. The summed E-state index contributed by atoms with van der Waals surface area (Å²) >= 11 is 0. The zero-order valence-electron chi connectivity index (χ0n) is 14.5. The number of benzene rings is 1. The molecular formula is C17H21F3N6. The molecule has 0 atom stereocenters. The molecule has 1 aromatic carbocycles. The Morgan fingerprint density at radius 3 is 2.65 bits per heavy atom. The lowest BCUT2D eigenvalue weighted by molar-refractivity contribution is -0.137. The van der Waals surface area contributed by atoms with Crippen LogP contribution in [0.1, 0.15) is 29.2 Å². The van der Waals surface area contributed by atoms with Crippen LogP contribution in [0.2, 0.25) is 0 Å². The van der Waals surface area contributed by atoms with Crippen molar-refractivity contribution in [3.8, 4) is 0 Å². The van der Waals surface area contributed by atoms with Gasteiger partial charge in [-0.25, -0.2) is 0 Å². The first-order chi connectivity index (χ1) is 12.5. The molecule has 2 aromatic rings. The Bertz CT molecular complexity index is 764. The predicted molar refractivity (Wildman–Crippen MR) is 91.7 cm³/mol. The van der Waals surface area contributed by atoms with E-state index in [1.165, 1.54) is 12.1 Å². The number of hydrogen-bond acceptors (Lipinski definition) is 3. The van der Waals surface area contributed by atoms with Crippen LogP contribution in [0.4, 0.5) is 13.2 Å². The fraction of sp³-hybridized carbons (Fsp3) is 0.471. The minimum absolute atomic E-state index is 0.521. The Morgan fingerprint density at radius 2 is 1.96 bits per heavy atom. The van der Waals surface area contributed by atoms with Gasteiger partial charge in [0.05, 0.1) is 12.1 Å². The van der Waals surface area contributed by atoms with Gasteiger partial charge in [-0.1, -0.05) is 12.1 Å². The quantitative estimate of drug-likeness (QED) is 0.629. The summed E-state index contributed by atoms with van der Waals surface area (Å²) in [5, 5.41) is 14.7. The highest BCUT2D eigenvalue weighted by Crippen LogP contribution is 2.29. The Kier molecular flexibility index (Phi) is 5.43. The third-order valence-electron chi connectivity index (χ3n) is 4.31. The average Bonchev–Trinajstić information content (AvgIpc) is 3.22. The van der Waals surface area contributed by atoms with E-state index in [-0.39, 0.29) is 0 Å². The normalized spacial score (nSPS) is 14.4. The summed E-state index contributed by atoms with van der Waals surface area (Å²) in [4.78, 5) is 4.15. The molecule has 140 valence electrons. The number of halogens is 3. The van der Waals surface area contributed by atoms with E-state index in [0.29, 0.717) is 25.5 Å². The monoisotopic (exact) mass is 366 g/mol. The van der Waals surface area contributed by atoms with Crippen LogP contribution in [0.3, 0.4) is 0 Å². The second-order valence-corrected chi connectivity index (χ2v) is 6.08.